The number of rotatable bonds is 6. The van der Waals surface area contributed by atoms with Crippen LogP contribution in [-0.2, 0) is 16.0 Å². The van der Waals surface area contributed by atoms with Crippen LogP contribution in [0.2, 0.25) is 0 Å². The zero-order valence-corrected chi connectivity index (χ0v) is 21.9. The third kappa shape index (κ3) is 5.07. The fraction of sp³-hybridized carbons (Fsp3) is 0.407. The van der Waals surface area contributed by atoms with E-state index in [2.05, 4.69) is 47.7 Å². The SMILES string of the molecule is O=C1CC(CNC(=O)[C@@H]2CC[C@@H](Cc3ncc4c(Br)nn(-c5ccc6ncccc6c5)c4n3)C2)CCN1. The monoisotopic (exact) mass is 561 g/mol. The van der Waals surface area contributed by atoms with Crippen LogP contribution in [0.4, 0.5) is 0 Å². The van der Waals surface area contributed by atoms with Gasteiger partial charge in [0.1, 0.15) is 10.4 Å². The van der Waals surface area contributed by atoms with Crippen LogP contribution in [0.1, 0.15) is 37.9 Å². The zero-order chi connectivity index (χ0) is 25.4. The second-order valence-corrected chi connectivity index (χ2v) is 10.9. The first-order valence-electron chi connectivity index (χ1n) is 12.8. The van der Waals surface area contributed by atoms with Crippen LogP contribution in [0.15, 0.2) is 47.3 Å². The molecule has 0 spiro atoms. The molecule has 37 heavy (non-hydrogen) atoms. The summed E-state index contributed by atoms with van der Waals surface area (Å²) < 4.78 is 2.54. The Bertz CT molecular complexity index is 1490. The Morgan fingerprint density at radius 1 is 1.16 bits per heavy atom. The van der Waals surface area contributed by atoms with E-state index in [0.717, 1.165) is 65.6 Å². The van der Waals surface area contributed by atoms with E-state index >= 15 is 0 Å². The molecule has 3 aromatic heterocycles. The number of hydrogen-bond donors (Lipinski definition) is 2. The molecule has 1 saturated heterocycles. The summed E-state index contributed by atoms with van der Waals surface area (Å²) in [7, 11) is 0. The summed E-state index contributed by atoms with van der Waals surface area (Å²) in [6.45, 7) is 1.28. The molecule has 2 aliphatic rings. The molecule has 1 aromatic carbocycles. The van der Waals surface area contributed by atoms with Gasteiger partial charge in [-0.1, -0.05) is 6.07 Å². The maximum Gasteiger partial charge on any atom is 0.223 e. The quantitative estimate of drug-likeness (QED) is 0.370. The summed E-state index contributed by atoms with van der Waals surface area (Å²) in [5.41, 5.74) is 2.60. The van der Waals surface area contributed by atoms with Crippen molar-refractivity contribution >= 4 is 49.7 Å². The first-order chi connectivity index (χ1) is 18.0. The minimum Gasteiger partial charge on any atom is -0.356 e. The van der Waals surface area contributed by atoms with Crippen molar-refractivity contribution in [2.45, 2.75) is 38.5 Å². The molecule has 2 N–H and O–H groups in total. The Balaban J connectivity index is 1.14. The number of nitrogens with zero attached hydrogens (tertiary/aromatic N) is 5. The van der Waals surface area contributed by atoms with Crippen molar-refractivity contribution < 1.29 is 9.59 Å². The number of benzene rings is 1. The summed E-state index contributed by atoms with van der Waals surface area (Å²) in [4.78, 5) is 38.3. The van der Waals surface area contributed by atoms with E-state index in [1.165, 1.54) is 0 Å². The zero-order valence-electron chi connectivity index (χ0n) is 20.4. The van der Waals surface area contributed by atoms with Gasteiger partial charge >= 0.3 is 0 Å². The van der Waals surface area contributed by atoms with Crippen LogP contribution in [-0.4, -0.2) is 49.6 Å². The molecule has 4 heterocycles. The Morgan fingerprint density at radius 2 is 2.08 bits per heavy atom. The predicted molar refractivity (Wildman–Crippen MR) is 143 cm³/mol. The van der Waals surface area contributed by atoms with Crippen molar-refractivity contribution in [3.8, 4) is 5.69 Å². The van der Waals surface area contributed by atoms with Crippen molar-refractivity contribution in [1.29, 1.82) is 0 Å². The van der Waals surface area contributed by atoms with Crippen molar-refractivity contribution in [2.24, 2.45) is 17.8 Å². The lowest BCUT2D eigenvalue weighted by Crippen LogP contribution is -2.40. The molecule has 9 nitrogen and oxygen atoms in total. The van der Waals surface area contributed by atoms with Crippen LogP contribution in [0.3, 0.4) is 0 Å². The highest BCUT2D eigenvalue weighted by atomic mass is 79.9. The third-order valence-electron chi connectivity index (χ3n) is 7.56. The first-order valence-corrected chi connectivity index (χ1v) is 13.6. The van der Waals surface area contributed by atoms with Gasteiger partial charge < -0.3 is 10.6 Å². The Morgan fingerprint density at radius 3 is 2.97 bits per heavy atom. The predicted octanol–water partition coefficient (Wildman–Crippen LogP) is 3.73. The lowest BCUT2D eigenvalue weighted by Gasteiger charge is -2.23. The van der Waals surface area contributed by atoms with Crippen molar-refractivity contribution in [2.75, 3.05) is 13.1 Å². The fourth-order valence-electron chi connectivity index (χ4n) is 5.55. The number of aromatic nitrogens is 5. The molecule has 6 rings (SSSR count). The van der Waals surface area contributed by atoms with E-state index in [0.29, 0.717) is 30.0 Å². The maximum atomic E-state index is 12.8. The summed E-state index contributed by atoms with van der Waals surface area (Å²) in [5, 5.41) is 12.5. The van der Waals surface area contributed by atoms with Gasteiger partial charge in [-0.3, -0.25) is 14.6 Å². The molecule has 0 radical (unpaired) electrons. The van der Waals surface area contributed by atoms with E-state index in [4.69, 9.17) is 4.98 Å². The smallest absolute Gasteiger partial charge is 0.223 e. The lowest BCUT2D eigenvalue weighted by atomic mass is 9.97. The molecule has 10 heteroatoms. The normalized spacial score (nSPS) is 21.9. The first kappa shape index (κ1) is 24.0. The van der Waals surface area contributed by atoms with E-state index < -0.39 is 0 Å². The molecule has 1 saturated carbocycles. The molecule has 2 fully saturated rings. The molecule has 4 aromatic rings. The molecule has 3 atom stereocenters. The van der Waals surface area contributed by atoms with Gasteiger partial charge in [0.05, 0.1) is 16.6 Å². The topological polar surface area (TPSA) is 115 Å². The van der Waals surface area contributed by atoms with Gasteiger partial charge in [-0.2, -0.15) is 5.10 Å². The molecule has 1 aliphatic carbocycles. The number of amides is 2. The van der Waals surface area contributed by atoms with Crippen LogP contribution in [0.5, 0.6) is 0 Å². The fourth-order valence-corrected chi connectivity index (χ4v) is 5.99. The van der Waals surface area contributed by atoms with E-state index in [1.54, 1.807) is 6.20 Å². The van der Waals surface area contributed by atoms with Gasteiger partial charge in [-0.25, -0.2) is 14.6 Å². The molecular formula is C27H28BrN7O2. The van der Waals surface area contributed by atoms with Crippen molar-refractivity contribution in [1.82, 2.24) is 35.4 Å². The van der Waals surface area contributed by atoms with Crippen molar-refractivity contribution in [3.05, 3.63) is 53.2 Å². The van der Waals surface area contributed by atoms with Gasteiger partial charge in [-0.05, 0) is 77.7 Å². The summed E-state index contributed by atoms with van der Waals surface area (Å²) in [6.07, 6.45) is 8.44. The number of hydrogen-bond acceptors (Lipinski definition) is 6. The van der Waals surface area contributed by atoms with Gasteiger partial charge in [0.2, 0.25) is 11.8 Å². The Hall–Kier alpha value is -3.40. The largest absolute Gasteiger partial charge is 0.356 e. The number of pyridine rings is 1. The van der Waals surface area contributed by atoms with Crippen LogP contribution in [0, 0.1) is 17.8 Å². The maximum absolute atomic E-state index is 12.8. The molecule has 1 aliphatic heterocycles. The average Bonchev–Trinajstić information content (AvgIpc) is 3.51. The Kier molecular flexibility index (Phi) is 6.58. The van der Waals surface area contributed by atoms with E-state index in [1.807, 2.05) is 35.1 Å². The molecule has 1 unspecified atom stereocenters. The summed E-state index contributed by atoms with van der Waals surface area (Å²) >= 11 is 3.56. The average molecular weight is 562 g/mol. The molecule has 190 valence electrons. The minimum atomic E-state index is 0.0111. The second kappa shape index (κ2) is 10.2. The summed E-state index contributed by atoms with van der Waals surface area (Å²) in [5.74, 6) is 1.56. The summed E-state index contributed by atoms with van der Waals surface area (Å²) in [6, 6.07) is 10.00. The molecular weight excluding hydrogens is 534 g/mol. The van der Waals surface area contributed by atoms with Gasteiger partial charge in [0.15, 0.2) is 5.65 Å². The highest BCUT2D eigenvalue weighted by molar-refractivity contribution is 9.10. The van der Waals surface area contributed by atoms with Crippen molar-refractivity contribution in [3.63, 3.8) is 0 Å². The number of nitrogens with one attached hydrogen (secondary N) is 2. The van der Waals surface area contributed by atoms with Crippen LogP contribution in [0.25, 0.3) is 27.6 Å². The number of piperidine rings is 1. The van der Waals surface area contributed by atoms with Gasteiger partial charge in [0, 0.05) is 49.6 Å². The number of halogens is 1. The highest BCUT2D eigenvalue weighted by Crippen LogP contribution is 2.33. The second-order valence-electron chi connectivity index (χ2n) is 10.1. The van der Waals surface area contributed by atoms with Gasteiger partial charge in [0.25, 0.3) is 0 Å². The van der Waals surface area contributed by atoms with E-state index in [9.17, 15) is 9.59 Å². The number of carbonyl (C=O) groups excluding carboxylic acids is 2. The van der Waals surface area contributed by atoms with Gasteiger partial charge in [-0.15, -0.1) is 0 Å². The Labute approximate surface area is 222 Å². The number of carbonyl (C=O) groups is 2. The molecule has 2 amide bonds. The van der Waals surface area contributed by atoms with Crippen LogP contribution >= 0.6 is 15.9 Å². The minimum absolute atomic E-state index is 0.0111. The lowest BCUT2D eigenvalue weighted by molar-refractivity contribution is -0.127. The van der Waals surface area contributed by atoms with E-state index in [-0.39, 0.29) is 23.7 Å². The number of fused-ring (bicyclic) bond motifs is 2. The standard InChI is InChI=1S/C27H28BrN7O2/c28-25-21-15-31-23(33-26(21)35(34-25)20-5-6-22-18(13-20)2-1-8-29-22)11-16-3-4-19(10-16)27(37)32-14-17-7-9-30-24(36)12-17/h1-2,5-6,8,13,15-17,19H,3-4,7,9-12,14H2,(H,30,36)(H,32,37)/t16-,17?,19-/m1/s1. The highest BCUT2D eigenvalue weighted by Gasteiger charge is 2.31. The molecule has 0 bridgehead atoms. The third-order valence-corrected chi connectivity index (χ3v) is 8.14. The van der Waals surface area contributed by atoms with Crippen LogP contribution < -0.4 is 10.6 Å².